The average Bonchev–Trinajstić information content (AvgIpc) is 2.94. The fourth-order valence-corrected chi connectivity index (χ4v) is 4.08. The Labute approximate surface area is 230 Å². The van der Waals surface area contributed by atoms with Crippen LogP contribution in [0.2, 0.25) is 0 Å². The van der Waals surface area contributed by atoms with Gasteiger partial charge < -0.3 is 36.4 Å². The smallest absolute Gasteiger partial charge is 0.319 e. The number of anilines is 2. The number of carbonyl (C=O) groups excluding carboxylic acids is 2. The summed E-state index contributed by atoms with van der Waals surface area (Å²) >= 11 is 0. The monoisotopic (exact) mass is 533 g/mol. The number of rotatable bonds is 14. The van der Waals surface area contributed by atoms with Crippen LogP contribution in [0, 0.1) is 0 Å². The van der Waals surface area contributed by atoms with E-state index in [4.69, 9.17) is 4.74 Å². The van der Waals surface area contributed by atoms with Gasteiger partial charge in [-0.05, 0) is 74.3 Å². The van der Waals surface area contributed by atoms with E-state index in [-0.39, 0.29) is 24.6 Å². The van der Waals surface area contributed by atoms with Crippen molar-refractivity contribution < 1.29 is 19.4 Å². The third-order valence-electron chi connectivity index (χ3n) is 5.99. The summed E-state index contributed by atoms with van der Waals surface area (Å²) in [5, 5.41) is 24.8. The summed E-state index contributed by atoms with van der Waals surface area (Å²) in [7, 11) is 0. The van der Waals surface area contributed by atoms with Crippen molar-refractivity contribution >= 4 is 23.4 Å². The minimum absolute atomic E-state index is 0.0623. The summed E-state index contributed by atoms with van der Waals surface area (Å²) in [6.07, 6.45) is 0.140. The van der Waals surface area contributed by atoms with Crippen LogP contribution in [0.3, 0.4) is 0 Å². The van der Waals surface area contributed by atoms with Gasteiger partial charge in [-0.1, -0.05) is 42.5 Å². The van der Waals surface area contributed by atoms with Crippen LogP contribution in [0.1, 0.15) is 37.3 Å². The van der Waals surface area contributed by atoms with Gasteiger partial charge in [-0.2, -0.15) is 0 Å². The van der Waals surface area contributed by atoms with Crippen LogP contribution in [0.25, 0.3) is 0 Å². The second-order valence-electron chi connectivity index (χ2n) is 9.04. The van der Waals surface area contributed by atoms with Crippen LogP contribution in [0.5, 0.6) is 5.75 Å². The quantitative estimate of drug-likeness (QED) is 0.170. The second kappa shape index (κ2) is 16.0. The van der Waals surface area contributed by atoms with Crippen LogP contribution >= 0.6 is 0 Å². The topological polar surface area (TPSA) is 124 Å². The van der Waals surface area contributed by atoms with Gasteiger partial charge in [0.1, 0.15) is 18.5 Å². The molecule has 0 aliphatic rings. The van der Waals surface area contributed by atoms with Crippen LogP contribution in [0.15, 0.2) is 78.9 Å². The van der Waals surface area contributed by atoms with Crippen molar-refractivity contribution in [2.24, 2.45) is 0 Å². The van der Waals surface area contributed by atoms with E-state index in [0.717, 1.165) is 23.3 Å². The van der Waals surface area contributed by atoms with E-state index in [2.05, 4.69) is 26.6 Å². The Kier molecular flexibility index (Phi) is 12.1. The molecule has 4 amide bonds. The number of hydrogen-bond acceptors (Lipinski definition) is 5. The van der Waals surface area contributed by atoms with Crippen molar-refractivity contribution in [3.63, 3.8) is 0 Å². The standard InChI is InChI=1S/C30H39N5O4/c1-3-32-29(37)34-24-14-10-22(11-15-24)28(23-12-16-25(17-13-23)35-30(38)33-4-2)18-19-31-20-26(36)21-39-27-8-6-5-7-9-27/h5-17,26,28,31,36H,3-4,18-21H2,1-2H3,(H2,32,34,37)(H2,33,35,38)/t26-/m0/s1. The first kappa shape index (κ1) is 29.5. The number of para-hydroxylation sites is 1. The summed E-state index contributed by atoms with van der Waals surface area (Å²) in [5.74, 6) is 0.791. The third kappa shape index (κ3) is 10.3. The molecule has 0 heterocycles. The van der Waals surface area contributed by atoms with Crippen LogP contribution in [0.4, 0.5) is 21.0 Å². The number of aliphatic hydroxyl groups is 1. The number of benzene rings is 3. The molecule has 0 radical (unpaired) electrons. The van der Waals surface area contributed by atoms with Crippen LogP contribution < -0.4 is 31.3 Å². The number of aliphatic hydroxyl groups excluding tert-OH is 1. The van der Waals surface area contributed by atoms with Gasteiger partial charge in [-0.3, -0.25) is 0 Å². The molecule has 208 valence electrons. The first-order valence-corrected chi connectivity index (χ1v) is 13.3. The molecule has 0 spiro atoms. The first-order valence-electron chi connectivity index (χ1n) is 13.3. The van der Waals surface area contributed by atoms with E-state index >= 15 is 0 Å². The Morgan fingerprint density at radius 3 is 1.77 bits per heavy atom. The third-order valence-corrected chi connectivity index (χ3v) is 5.99. The molecule has 1 atom stereocenters. The summed E-state index contributed by atoms with van der Waals surface area (Å²) in [6, 6.07) is 24.5. The molecule has 0 aromatic heterocycles. The molecule has 0 aliphatic heterocycles. The fourth-order valence-electron chi connectivity index (χ4n) is 4.08. The van der Waals surface area contributed by atoms with E-state index in [1.54, 1.807) is 0 Å². The van der Waals surface area contributed by atoms with Gasteiger partial charge in [-0.25, -0.2) is 9.59 Å². The van der Waals surface area contributed by atoms with Crippen molar-refractivity contribution in [2.45, 2.75) is 32.3 Å². The van der Waals surface area contributed by atoms with E-state index in [9.17, 15) is 14.7 Å². The number of amides is 4. The number of ether oxygens (including phenoxy) is 1. The maximum atomic E-state index is 11.9. The van der Waals surface area contributed by atoms with Gasteiger partial charge >= 0.3 is 12.1 Å². The highest BCUT2D eigenvalue weighted by Gasteiger charge is 2.16. The zero-order valence-electron chi connectivity index (χ0n) is 22.6. The maximum absolute atomic E-state index is 11.9. The Hall–Kier alpha value is -4.08. The molecule has 0 saturated carbocycles. The molecular weight excluding hydrogens is 494 g/mol. The number of hydrogen-bond donors (Lipinski definition) is 6. The van der Waals surface area contributed by atoms with Crippen molar-refractivity contribution in [3.05, 3.63) is 90.0 Å². The van der Waals surface area contributed by atoms with E-state index < -0.39 is 6.10 Å². The molecule has 9 heteroatoms. The first-order chi connectivity index (χ1) is 19.0. The molecular formula is C30H39N5O4. The summed E-state index contributed by atoms with van der Waals surface area (Å²) in [4.78, 5) is 23.7. The summed E-state index contributed by atoms with van der Waals surface area (Å²) < 4.78 is 5.63. The minimum Gasteiger partial charge on any atom is -0.491 e. The summed E-state index contributed by atoms with van der Waals surface area (Å²) in [5.41, 5.74) is 3.61. The van der Waals surface area contributed by atoms with Crippen LogP contribution in [-0.4, -0.2) is 56.1 Å². The fraction of sp³-hybridized carbons (Fsp3) is 0.333. The van der Waals surface area contributed by atoms with Crippen molar-refractivity contribution in [2.75, 3.05) is 43.4 Å². The Morgan fingerprint density at radius 1 is 0.769 bits per heavy atom. The number of urea groups is 2. The molecule has 3 aromatic rings. The van der Waals surface area contributed by atoms with E-state index in [1.807, 2.05) is 92.7 Å². The molecule has 39 heavy (non-hydrogen) atoms. The molecule has 0 unspecified atom stereocenters. The molecule has 0 aliphatic carbocycles. The molecule has 6 N–H and O–H groups in total. The lowest BCUT2D eigenvalue weighted by Gasteiger charge is -2.20. The normalized spacial score (nSPS) is 11.5. The lowest BCUT2D eigenvalue weighted by molar-refractivity contribution is 0.106. The summed E-state index contributed by atoms with van der Waals surface area (Å²) in [6.45, 7) is 6.13. The average molecular weight is 534 g/mol. The Balaban J connectivity index is 1.62. The molecule has 3 rings (SSSR count). The zero-order chi connectivity index (χ0) is 27.9. The zero-order valence-corrected chi connectivity index (χ0v) is 22.6. The predicted octanol–water partition coefficient (Wildman–Crippen LogP) is 4.52. The molecule has 0 bridgehead atoms. The Bertz CT molecular complexity index is 1080. The van der Waals surface area contributed by atoms with Gasteiger partial charge in [0.15, 0.2) is 0 Å². The van der Waals surface area contributed by atoms with Crippen molar-refractivity contribution in [1.29, 1.82) is 0 Å². The molecule has 0 fully saturated rings. The largest absolute Gasteiger partial charge is 0.491 e. The van der Waals surface area contributed by atoms with Gasteiger partial charge in [0.25, 0.3) is 0 Å². The maximum Gasteiger partial charge on any atom is 0.319 e. The highest BCUT2D eigenvalue weighted by atomic mass is 16.5. The second-order valence-corrected chi connectivity index (χ2v) is 9.04. The highest BCUT2D eigenvalue weighted by molar-refractivity contribution is 5.89. The van der Waals surface area contributed by atoms with E-state index in [0.29, 0.717) is 37.6 Å². The lowest BCUT2D eigenvalue weighted by Crippen LogP contribution is -2.32. The number of nitrogens with one attached hydrogen (secondary N) is 5. The highest BCUT2D eigenvalue weighted by Crippen LogP contribution is 2.29. The van der Waals surface area contributed by atoms with Crippen molar-refractivity contribution in [1.82, 2.24) is 16.0 Å². The van der Waals surface area contributed by atoms with E-state index in [1.165, 1.54) is 0 Å². The molecule has 3 aromatic carbocycles. The van der Waals surface area contributed by atoms with Gasteiger partial charge in [0, 0.05) is 36.9 Å². The van der Waals surface area contributed by atoms with Crippen LogP contribution in [-0.2, 0) is 0 Å². The van der Waals surface area contributed by atoms with Gasteiger partial charge in [0.05, 0.1) is 0 Å². The van der Waals surface area contributed by atoms with Gasteiger partial charge in [-0.15, -0.1) is 0 Å². The molecule has 0 saturated heterocycles. The van der Waals surface area contributed by atoms with Gasteiger partial charge in [0.2, 0.25) is 0 Å². The SMILES string of the molecule is CCNC(=O)Nc1ccc(C(CCNC[C@H](O)COc2ccccc2)c2ccc(NC(=O)NCC)cc2)cc1. The minimum atomic E-state index is -0.636. The number of carbonyl (C=O) groups is 2. The van der Waals surface area contributed by atoms with Crippen molar-refractivity contribution in [3.8, 4) is 5.75 Å². The molecule has 9 nitrogen and oxygen atoms in total. The lowest BCUT2D eigenvalue weighted by atomic mass is 9.88. The predicted molar refractivity (Wildman–Crippen MR) is 156 cm³/mol. The Morgan fingerprint density at radius 2 is 1.28 bits per heavy atom.